The fraction of sp³-hybridized carbons (Fsp3) is 0.600. The van der Waals surface area contributed by atoms with Gasteiger partial charge in [-0.2, -0.15) is 0 Å². The number of benzene rings is 1. The Balaban J connectivity index is 1.96. The number of aliphatic hydroxyl groups is 1. The van der Waals surface area contributed by atoms with Gasteiger partial charge in [-0.25, -0.2) is 0 Å². The van der Waals surface area contributed by atoms with Gasteiger partial charge in [0.1, 0.15) is 5.75 Å². The smallest absolute Gasteiger partial charge is 0.119 e. The molecular formula is C15H23NO2. The SMILES string of the molecule is CCCNC1CCc2cc(OCCCO)ccc21. The summed E-state index contributed by atoms with van der Waals surface area (Å²) in [5.74, 6) is 0.929. The molecule has 1 aliphatic rings. The molecule has 1 aromatic carbocycles. The number of ether oxygens (including phenoxy) is 1. The van der Waals surface area contributed by atoms with Crippen molar-refractivity contribution in [2.75, 3.05) is 19.8 Å². The van der Waals surface area contributed by atoms with Crippen LogP contribution in [0.3, 0.4) is 0 Å². The van der Waals surface area contributed by atoms with Gasteiger partial charge in [0.2, 0.25) is 0 Å². The minimum absolute atomic E-state index is 0.188. The maximum atomic E-state index is 8.73. The van der Waals surface area contributed by atoms with E-state index in [0.29, 0.717) is 19.1 Å². The minimum atomic E-state index is 0.188. The van der Waals surface area contributed by atoms with E-state index in [1.165, 1.54) is 24.0 Å². The molecule has 0 heterocycles. The zero-order chi connectivity index (χ0) is 12.8. The van der Waals surface area contributed by atoms with Crippen LogP contribution in [0.4, 0.5) is 0 Å². The maximum Gasteiger partial charge on any atom is 0.119 e. The standard InChI is InChI=1S/C15H23NO2/c1-2-8-16-15-7-4-12-11-13(5-6-14(12)15)18-10-3-9-17/h5-6,11,15-17H,2-4,7-10H2,1H3. The average molecular weight is 249 g/mol. The summed E-state index contributed by atoms with van der Waals surface area (Å²) in [6.07, 6.45) is 4.19. The predicted octanol–water partition coefficient (Wildman–Crippen LogP) is 2.43. The van der Waals surface area contributed by atoms with Crippen molar-refractivity contribution in [3.63, 3.8) is 0 Å². The molecule has 2 rings (SSSR count). The first-order valence-electron chi connectivity index (χ1n) is 6.95. The van der Waals surface area contributed by atoms with Crippen molar-refractivity contribution in [1.29, 1.82) is 0 Å². The fourth-order valence-corrected chi connectivity index (χ4v) is 2.47. The van der Waals surface area contributed by atoms with E-state index in [4.69, 9.17) is 9.84 Å². The quantitative estimate of drug-likeness (QED) is 0.729. The Morgan fingerprint density at radius 1 is 1.44 bits per heavy atom. The highest BCUT2D eigenvalue weighted by molar-refractivity contribution is 5.40. The molecule has 1 aliphatic carbocycles. The van der Waals surface area contributed by atoms with Gasteiger partial charge in [-0.3, -0.25) is 0 Å². The van der Waals surface area contributed by atoms with Crippen molar-refractivity contribution in [2.45, 2.75) is 38.6 Å². The summed E-state index contributed by atoms with van der Waals surface area (Å²) in [6, 6.07) is 6.90. The minimum Gasteiger partial charge on any atom is -0.493 e. The van der Waals surface area contributed by atoms with Crippen LogP contribution in [0.15, 0.2) is 18.2 Å². The Hall–Kier alpha value is -1.06. The lowest BCUT2D eigenvalue weighted by atomic mass is 10.1. The van der Waals surface area contributed by atoms with Gasteiger partial charge >= 0.3 is 0 Å². The number of hydrogen-bond acceptors (Lipinski definition) is 3. The summed E-state index contributed by atoms with van der Waals surface area (Å²) in [7, 11) is 0. The lowest BCUT2D eigenvalue weighted by molar-refractivity contribution is 0.233. The van der Waals surface area contributed by atoms with E-state index < -0.39 is 0 Å². The molecule has 0 radical (unpaired) electrons. The van der Waals surface area contributed by atoms with Crippen molar-refractivity contribution in [1.82, 2.24) is 5.32 Å². The Labute approximate surface area is 109 Å². The predicted molar refractivity (Wildman–Crippen MR) is 73.0 cm³/mol. The third-order valence-electron chi connectivity index (χ3n) is 3.40. The van der Waals surface area contributed by atoms with Crippen molar-refractivity contribution >= 4 is 0 Å². The molecule has 100 valence electrons. The maximum absolute atomic E-state index is 8.73. The van der Waals surface area contributed by atoms with Crippen LogP contribution in [0, 0.1) is 0 Å². The van der Waals surface area contributed by atoms with Crippen LogP contribution in [-0.4, -0.2) is 24.9 Å². The molecule has 1 atom stereocenters. The summed E-state index contributed by atoms with van der Waals surface area (Å²) in [6.45, 7) is 4.06. The molecule has 0 saturated carbocycles. The molecule has 0 bridgehead atoms. The molecular weight excluding hydrogens is 226 g/mol. The molecule has 0 saturated heterocycles. The highest BCUT2D eigenvalue weighted by Gasteiger charge is 2.21. The molecule has 2 N–H and O–H groups in total. The molecule has 3 heteroatoms. The Bertz CT molecular complexity index is 379. The highest BCUT2D eigenvalue weighted by atomic mass is 16.5. The van der Waals surface area contributed by atoms with Crippen LogP contribution in [-0.2, 0) is 6.42 Å². The van der Waals surface area contributed by atoms with Crippen molar-refractivity contribution < 1.29 is 9.84 Å². The first-order chi connectivity index (χ1) is 8.85. The second-order valence-electron chi connectivity index (χ2n) is 4.83. The van der Waals surface area contributed by atoms with Gasteiger partial charge in [0.05, 0.1) is 6.61 Å². The van der Waals surface area contributed by atoms with Crippen LogP contribution in [0.5, 0.6) is 5.75 Å². The van der Waals surface area contributed by atoms with Gasteiger partial charge in [-0.15, -0.1) is 0 Å². The second kappa shape index (κ2) is 6.76. The van der Waals surface area contributed by atoms with E-state index in [9.17, 15) is 0 Å². The Kier molecular flexibility index (Phi) is 5.02. The van der Waals surface area contributed by atoms with Gasteiger partial charge in [0.15, 0.2) is 0 Å². The van der Waals surface area contributed by atoms with Gasteiger partial charge in [-0.1, -0.05) is 13.0 Å². The summed E-state index contributed by atoms with van der Waals surface area (Å²) in [5.41, 5.74) is 2.84. The third-order valence-corrected chi connectivity index (χ3v) is 3.40. The molecule has 0 aromatic heterocycles. The molecule has 3 nitrogen and oxygen atoms in total. The Morgan fingerprint density at radius 3 is 3.11 bits per heavy atom. The summed E-state index contributed by atoms with van der Waals surface area (Å²) >= 11 is 0. The number of rotatable bonds is 7. The zero-order valence-electron chi connectivity index (χ0n) is 11.1. The number of nitrogens with one attached hydrogen (secondary N) is 1. The van der Waals surface area contributed by atoms with Crippen LogP contribution >= 0.6 is 0 Å². The Morgan fingerprint density at radius 2 is 2.33 bits per heavy atom. The van der Waals surface area contributed by atoms with Crippen LogP contribution in [0.1, 0.15) is 43.4 Å². The van der Waals surface area contributed by atoms with Gasteiger partial charge in [0, 0.05) is 19.1 Å². The van der Waals surface area contributed by atoms with E-state index in [-0.39, 0.29) is 6.61 Å². The van der Waals surface area contributed by atoms with Gasteiger partial charge < -0.3 is 15.2 Å². The molecule has 1 unspecified atom stereocenters. The third kappa shape index (κ3) is 3.24. The number of aryl methyl sites for hydroxylation is 1. The van der Waals surface area contributed by atoms with Gasteiger partial charge in [0.25, 0.3) is 0 Å². The molecule has 0 spiro atoms. The van der Waals surface area contributed by atoms with Crippen LogP contribution in [0.25, 0.3) is 0 Å². The molecule has 1 aromatic rings. The van der Waals surface area contributed by atoms with Crippen molar-refractivity contribution in [2.24, 2.45) is 0 Å². The van der Waals surface area contributed by atoms with E-state index in [2.05, 4.69) is 24.4 Å². The molecule has 0 amide bonds. The molecule has 18 heavy (non-hydrogen) atoms. The molecule has 0 fully saturated rings. The number of aliphatic hydroxyl groups excluding tert-OH is 1. The van der Waals surface area contributed by atoms with E-state index in [1.54, 1.807) is 0 Å². The van der Waals surface area contributed by atoms with E-state index in [0.717, 1.165) is 18.7 Å². The van der Waals surface area contributed by atoms with Crippen molar-refractivity contribution in [3.05, 3.63) is 29.3 Å². The average Bonchev–Trinajstić information content (AvgIpc) is 2.79. The normalized spacial score (nSPS) is 17.8. The van der Waals surface area contributed by atoms with Crippen LogP contribution < -0.4 is 10.1 Å². The van der Waals surface area contributed by atoms with Gasteiger partial charge in [-0.05, 0) is 49.1 Å². The first kappa shape index (κ1) is 13.4. The molecule has 0 aliphatic heterocycles. The number of hydrogen-bond donors (Lipinski definition) is 2. The zero-order valence-corrected chi connectivity index (χ0v) is 11.1. The second-order valence-corrected chi connectivity index (χ2v) is 4.83. The lowest BCUT2D eigenvalue weighted by Crippen LogP contribution is -2.19. The monoisotopic (exact) mass is 249 g/mol. The summed E-state index contributed by atoms with van der Waals surface area (Å²) < 4.78 is 5.61. The largest absolute Gasteiger partial charge is 0.493 e. The van der Waals surface area contributed by atoms with Crippen molar-refractivity contribution in [3.8, 4) is 5.75 Å². The van der Waals surface area contributed by atoms with E-state index >= 15 is 0 Å². The summed E-state index contributed by atoms with van der Waals surface area (Å²) in [4.78, 5) is 0. The van der Waals surface area contributed by atoms with E-state index in [1.807, 2.05) is 6.07 Å². The summed E-state index contributed by atoms with van der Waals surface area (Å²) in [5, 5.41) is 12.3. The highest BCUT2D eigenvalue weighted by Crippen LogP contribution is 2.33. The van der Waals surface area contributed by atoms with Crippen LogP contribution in [0.2, 0.25) is 0 Å². The fourth-order valence-electron chi connectivity index (χ4n) is 2.47. The lowest BCUT2D eigenvalue weighted by Gasteiger charge is -2.14. The first-order valence-corrected chi connectivity index (χ1v) is 6.95. The number of fused-ring (bicyclic) bond motifs is 1. The topological polar surface area (TPSA) is 41.5 Å².